The predicted octanol–water partition coefficient (Wildman–Crippen LogP) is 3.09. The van der Waals surface area contributed by atoms with E-state index in [1.165, 1.54) is 6.07 Å². The lowest BCUT2D eigenvalue weighted by atomic mass is 10.1. The van der Waals surface area contributed by atoms with E-state index in [0.717, 1.165) is 12.1 Å². The number of halogens is 3. The summed E-state index contributed by atoms with van der Waals surface area (Å²) in [6, 6.07) is 5.17. The van der Waals surface area contributed by atoms with Gasteiger partial charge < -0.3 is 10.4 Å². The van der Waals surface area contributed by atoms with Gasteiger partial charge in [0.2, 0.25) is 5.91 Å². The van der Waals surface area contributed by atoms with Crippen molar-refractivity contribution in [2.75, 3.05) is 6.54 Å². The van der Waals surface area contributed by atoms with Gasteiger partial charge in [-0.1, -0.05) is 25.1 Å². The molecule has 122 valence electrons. The molecule has 0 saturated heterocycles. The van der Waals surface area contributed by atoms with Crippen molar-refractivity contribution in [1.29, 1.82) is 0 Å². The fourth-order valence-electron chi connectivity index (χ4n) is 2.50. The van der Waals surface area contributed by atoms with E-state index >= 15 is 0 Å². The van der Waals surface area contributed by atoms with Gasteiger partial charge in [-0.05, 0) is 36.8 Å². The third-order valence-corrected chi connectivity index (χ3v) is 4.02. The Bertz CT molecular complexity index is 530. The van der Waals surface area contributed by atoms with Gasteiger partial charge in [0.25, 0.3) is 0 Å². The summed E-state index contributed by atoms with van der Waals surface area (Å²) in [5, 5.41) is 12.1. The Morgan fingerprint density at radius 1 is 1.45 bits per heavy atom. The minimum Gasteiger partial charge on any atom is -0.393 e. The smallest absolute Gasteiger partial charge is 0.393 e. The molecule has 1 amide bonds. The molecule has 6 heteroatoms. The molecular formula is C16H20F3NO2. The van der Waals surface area contributed by atoms with E-state index in [1.54, 1.807) is 6.07 Å². The molecule has 3 unspecified atom stereocenters. The second-order valence-corrected chi connectivity index (χ2v) is 5.71. The first-order valence-corrected chi connectivity index (χ1v) is 7.45. The molecule has 0 aliphatic heterocycles. The topological polar surface area (TPSA) is 49.3 Å². The summed E-state index contributed by atoms with van der Waals surface area (Å²) in [5.41, 5.74) is -0.120. The summed E-state index contributed by atoms with van der Waals surface area (Å²) in [6.07, 6.45) is -3.10. The van der Waals surface area contributed by atoms with Crippen molar-refractivity contribution in [2.45, 2.75) is 44.4 Å². The highest BCUT2D eigenvalue weighted by atomic mass is 19.4. The van der Waals surface area contributed by atoms with Crippen LogP contribution < -0.4 is 5.32 Å². The fraction of sp³-hybridized carbons (Fsp3) is 0.562. The number of alkyl halides is 3. The number of amides is 1. The van der Waals surface area contributed by atoms with Crippen LogP contribution >= 0.6 is 0 Å². The first kappa shape index (κ1) is 16.8. The van der Waals surface area contributed by atoms with E-state index in [1.807, 2.05) is 6.92 Å². The highest BCUT2D eigenvalue weighted by Gasteiger charge is 2.44. The fourth-order valence-corrected chi connectivity index (χ4v) is 2.50. The predicted molar refractivity (Wildman–Crippen MR) is 76.2 cm³/mol. The summed E-state index contributed by atoms with van der Waals surface area (Å²) in [7, 11) is 0. The molecule has 0 aromatic heterocycles. The van der Waals surface area contributed by atoms with Gasteiger partial charge >= 0.3 is 6.18 Å². The SMILES string of the molecule is CCC(O)CCNC(=O)C1CC1c1cccc(C(F)(F)F)c1. The number of hydrogen-bond donors (Lipinski definition) is 2. The number of carbonyl (C=O) groups excluding carboxylic acids is 1. The molecule has 0 spiro atoms. The minimum absolute atomic E-state index is 0.140. The van der Waals surface area contributed by atoms with Crippen LogP contribution in [0.25, 0.3) is 0 Å². The monoisotopic (exact) mass is 315 g/mol. The maximum absolute atomic E-state index is 12.7. The van der Waals surface area contributed by atoms with E-state index in [9.17, 15) is 23.1 Å². The normalized spacial score (nSPS) is 22.2. The van der Waals surface area contributed by atoms with Gasteiger partial charge in [-0.2, -0.15) is 13.2 Å². The van der Waals surface area contributed by atoms with Crippen LogP contribution in [0.1, 0.15) is 43.2 Å². The van der Waals surface area contributed by atoms with E-state index in [4.69, 9.17) is 0 Å². The first-order chi connectivity index (χ1) is 10.3. The summed E-state index contributed by atoms with van der Waals surface area (Å²) in [4.78, 5) is 11.9. The van der Waals surface area contributed by atoms with Crippen molar-refractivity contribution >= 4 is 5.91 Å². The van der Waals surface area contributed by atoms with Gasteiger partial charge in [-0.25, -0.2) is 0 Å². The van der Waals surface area contributed by atoms with Crippen LogP contribution in [0.5, 0.6) is 0 Å². The zero-order valence-corrected chi connectivity index (χ0v) is 12.4. The second kappa shape index (κ2) is 6.69. The standard InChI is InChI=1S/C16H20F3NO2/c1-2-12(21)6-7-20-15(22)14-9-13(14)10-4-3-5-11(8-10)16(17,18)19/h3-5,8,12-14,21H,2,6-7,9H2,1H3,(H,20,22). The zero-order chi connectivity index (χ0) is 16.3. The lowest BCUT2D eigenvalue weighted by Crippen LogP contribution is -2.28. The maximum Gasteiger partial charge on any atom is 0.416 e. The Kier molecular flexibility index (Phi) is 5.11. The Hall–Kier alpha value is -1.56. The van der Waals surface area contributed by atoms with Crippen molar-refractivity contribution in [3.8, 4) is 0 Å². The Labute approximate surface area is 127 Å². The van der Waals surface area contributed by atoms with Crippen molar-refractivity contribution in [3.63, 3.8) is 0 Å². The molecule has 1 aliphatic carbocycles. The maximum atomic E-state index is 12.7. The number of rotatable bonds is 6. The molecule has 0 radical (unpaired) electrons. The molecule has 0 heterocycles. The van der Waals surface area contributed by atoms with Crippen LogP contribution in [-0.2, 0) is 11.0 Å². The average molecular weight is 315 g/mol. The third-order valence-electron chi connectivity index (χ3n) is 4.02. The molecule has 2 rings (SSSR count). The van der Waals surface area contributed by atoms with Crippen LogP contribution in [0.15, 0.2) is 24.3 Å². The van der Waals surface area contributed by atoms with Crippen LogP contribution in [0.4, 0.5) is 13.2 Å². The zero-order valence-electron chi connectivity index (χ0n) is 12.4. The quantitative estimate of drug-likeness (QED) is 0.847. The van der Waals surface area contributed by atoms with E-state index < -0.39 is 17.8 Å². The summed E-state index contributed by atoms with van der Waals surface area (Å²) in [6.45, 7) is 2.25. The van der Waals surface area contributed by atoms with Crippen LogP contribution in [-0.4, -0.2) is 23.7 Å². The van der Waals surface area contributed by atoms with E-state index in [2.05, 4.69) is 5.32 Å². The molecule has 1 saturated carbocycles. The van der Waals surface area contributed by atoms with E-state index in [0.29, 0.717) is 31.4 Å². The number of nitrogens with one attached hydrogen (secondary N) is 1. The van der Waals surface area contributed by atoms with Crippen molar-refractivity contribution in [1.82, 2.24) is 5.32 Å². The molecule has 1 aliphatic rings. The van der Waals surface area contributed by atoms with Crippen molar-refractivity contribution < 1.29 is 23.1 Å². The largest absolute Gasteiger partial charge is 0.416 e. The number of benzene rings is 1. The number of aliphatic hydroxyl groups excluding tert-OH is 1. The van der Waals surface area contributed by atoms with Crippen molar-refractivity contribution in [2.24, 2.45) is 5.92 Å². The number of aliphatic hydroxyl groups is 1. The molecular weight excluding hydrogens is 295 g/mol. The number of hydrogen-bond acceptors (Lipinski definition) is 2. The molecule has 0 bridgehead atoms. The number of carbonyl (C=O) groups is 1. The first-order valence-electron chi connectivity index (χ1n) is 7.45. The average Bonchev–Trinajstić information content (AvgIpc) is 3.26. The molecule has 1 aromatic rings. The highest BCUT2D eigenvalue weighted by molar-refractivity contribution is 5.82. The molecule has 3 nitrogen and oxygen atoms in total. The van der Waals surface area contributed by atoms with Crippen molar-refractivity contribution in [3.05, 3.63) is 35.4 Å². The molecule has 3 atom stereocenters. The van der Waals surface area contributed by atoms with Gasteiger partial charge in [0.15, 0.2) is 0 Å². The van der Waals surface area contributed by atoms with Crippen LogP contribution in [0, 0.1) is 5.92 Å². The minimum atomic E-state index is -4.36. The van der Waals surface area contributed by atoms with E-state index in [-0.39, 0.29) is 17.7 Å². The highest BCUT2D eigenvalue weighted by Crippen LogP contribution is 2.48. The Morgan fingerprint density at radius 2 is 2.18 bits per heavy atom. The summed E-state index contributed by atoms with van der Waals surface area (Å²) < 4.78 is 38.0. The third kappa shape index (κ3) is 4.22. The lowest BCUT2D eigenvalue weighted by Gasteiger charge is -2.10. The van der Waals surface area contributed by atoms with Gasteiger partial charge in [-0.3, -0.25) is 4.79 Å². The van der Waals surface area contributed by atoms with Crippen LogP contribution in [0.2, 0.25) is 0 Å². The van der Waals surface area contributed by atoms with Gasteiger partial charge in [0, 0.05) is 12.5 Å². The van der Waals surface area contributed by atoms with Gasteiger partial charge in [0.1, 0.15) is 0 Å². The lowest BCUT2D eigenvalue weighted by molar-refractivity contribution is -0.137. The van der Waals surface area contributed by atoms with Gasteiger partial charge in [0.05, 0.1) is 11.7 Å². The Balaban J connectivity index is 1.88. The molecule has 1 aromatic carbocycles. The summed E-state index contributed by atoms with van der Waals surface area (Å²) >= 11 is 0. The Morgan fingerprint density at radius 3 is 2.82 bits per heavy atom. The molecule has 2 N–H and O–H groups in total. The van der Waals surface area contributed by atoms with Gasteiger partial charge in [-0.15, -0.1) is 0 Å². The molecule has 22 heavy (non-hydrogen) atoms. The van der Waals surface area contributed by atoms with Crippen LogP contribution in [0.3, 0.4) is 0 Å². The summed E-state index contributed by atoms with van der Waals surface area (Å²) in [5.74, 6) is -0.550. The second-order valence-electron chi connectivity index (χ2n) is 5.71. The molecule has 1 fully saturated rings.